The molecular formula is C45H30N2O. The molecule has 2 heterocycles. The third kappa shape index (κ3) is 4.99. The predicted octanol–water partition coefficient (Wildman–Crippen LogP) is 12.6. The number of aromatic nitrogens is 1. The third-order valence-corrected chi connectivity index (χ3v) is 9.12. The smallest absolute Gasteiger partial charge is 0.227 e. The lowest BCUT2D eigenvalue weighted by molar-refractivity contribution is 0.654. The molecular weight excluding hydrogens is 585 g/mol. The number of para-hydroxylation sites is 1. The van der Waals surface area contributed by atoms with Crippen molar-refractivity contribution < 1.29 is 4.42 Å². The molecule has 48 heavy (non-hydrogen) atoms. The van der Waals surface area contributed by atoms with Crippen molar-refractivity contribution >= 4 is 49.9 Å². The average molecular weight is 615 g/mol. The zero-order valence-corrected chi connectivity index (χ0v) is 26.1. The van der Waals surface area contributed by atoms with Crippen LogP contribution >= 0.6 is 0 Å². The van der Waals surface area contributed by atoms with E-state index in [1.165, 1.54) is 33.0 Å². The molecule has 0 atom stereocenters. The first-order chi connectivity index (χ1) is 23.8. The molecule has 3 heteroatoms. The van der Waals surface area contributed by atoms with E-state index in [-0.39, 0.29) is 0 Å². The van der Waals surface area contributed by atoms with E-state index < -0.39 is 0 Å². The summed E-state index contributed by atoms with van der Waals surface area (Å²) in [5, 5.41) is 4.62. The summed E-state index contributed by atoms with van der Waals surface area (Å²) in [7, 11) is 0. The van der Waals surface area contributed by atoms with E-state index in [9.17, 15) is 0 Å². The second kappa shape index (κ2) is 11.7. The molecule has 9 rings (SSSR count). The van der Waals surface area contributed by atoms with Gasteiger partial charge in [-0.05, 0) is 87.6 Å². The highest BCUT2D eigenvalue weighted by Gasteiger charge is 2.15. The summed E-state index contributed by atoms with van der Waals surface area (Å²) in [5.41, 5.74) is 11.5. The van der Waals surface area contributed by atoms with Gasteiger partial charge in [-0.3, -0.25) is 0 Å². The minimum Gasteiger partial charge on any atom is -0.438 e. The van der Waals surface area contributed by atoms with Crippen molar-refractivity contribution in [3.63, 3.8) is 0 Å². The van der Waals surface area contributed by atoms with Crippen LogP contribution in [0, 0.1) is 0 Å². The highest BCUT2D eigenvalue weighted by Crippen LogP contribution is 2.39. The van der Waals surface area contributed by atoms with E-state index in [4.69, 9.17) is 9.40 Å². The number of pyridine rings is 1. The quantitative estimate of drug-likeness (QED) is 0.187. The van der Waals surface area contributed by atoms with Gasteiger partial charge in [0.2, 0.25) is 5.71 Å². The van der Waals surface area contributed by atoms with E-state index in [1.807, 2.05) is 18.2 Å². The van der Waals surface area contributed by atoms with E-state index in [0.717, 1.165) is 44.7 Å². The minimum atomic E-state index is 0.657. The Kier molecular flexibility index (Phi) is 6.80. The molecule has 0 N–H and O–H groups in total. The number of benzene rings is 7. The topological polar surface area (TPSA) is 29.3 Å². The van der Waals surface area contributed by atoms with E-state index in [1.54, 1.807) is 0 Å². The lowest BCUT2D eigenvalue weighted by atomic mass is 9.98. The van der Waals surface area contributed by atoms with Gasteiger partial charge < -0.3 is 9.32 Å². The number of fused-ring (bicyclic) bond motifs is 4. The maximum atomic E-state index is 6.08. The Morgan fingerprint density at radius 3 is 1.67 bits per heavy atom. The van der Waals surface area contributed by atoms with E-state index >= 15 is 0 Å². The third-order valence-electron chi connectivity index (χ3n) is 9.12. The molecule has 2 aromatic heterocycles. The van der Waals surface area contributed by atoms with Crippen LogP contribution in [0.2, 0.25) is 0 Å². The molecule has 0 saturated carbocycles. The summed E-state index contributed by atoms with van der Waals surface area (Å²) in [4.78, 5) is 7.20. The van der Waals surface area contributed by atoms with E-state index in [0.29, 0.717) is 5.71 Å². The summed E-state index contributed by atoms with van der Waals surface area (Å²) >= 11 is 0. The molecule has 0 spiro atoms. The lowest BCUT2D eigenvalue weighted by Crippen LogP contribution is -2.09. The van der Waals surface area contributed by atoms with Crippen LogP contribution in [0.1, 0.15) is 0 Å². The Morgan fingerprint density at radius 1 is 0.375 bits per heavy atom. The number of anilines is 3. The summed E-state index contributed by atoms with van der Waals surface area (Å²) in [6.07, 6.45) is 0. The maximum absolute atomic E-state index is 6.08. The van der Waals surface area contributed by atoms with Crippen LogP contribution in [-0.2, 0) is 0 Å². The second-order valence-corrected chi connectivity index (χ2v) is 12.0. The van der Waals surface area contributed by atoms with Gasteiger partial charge in [-0.15, -0.1) is 0 Å². The van der Waals surface area contributed by atoms with Gasteiger partial charge in [0.05, 0.1) is 5.69 Å². The number of hydrogen-bond donors (Lipinski definition) is 0. The molecule has 0 aliphatic carbocycles. The lowest BCUT2D eigenvalue weighted by Gasteiger charge is -2.26. The fourth-order valence-electron chi connectivity index (χ4n) is 6.70. The summed E-state index contributed by atoms with van der Waals surface area (Å²) in [5.74, 6) is 0. The van der Waals surface area contributed by atoms with Crippen LogP contribution in [0.25, 0.3) is 66.4 Å². The van der Waals surface area contributed by atoms with Crippen LogP contribution in [0.5, 0.6) is 0 Å². The van der Waals surface area contributed by atoms with Gasteiger partial charge in [-0.1, -0.05) is 127 Å². The monoisotopic (exact) mass is 614 g/mol. The molecule has 0 amide bonds. The average Bonchev–Trinajstić information content (AvgIpc) is 3.54. The highest BCUT2D eigenvalue weighted by atomic mass is 16.3. The van der Waals surface area contributed by atoms with Crippen LogP contribution in [0.4, 0.5) is 17.1 Å². The van der Waals surface area contributed by atoms with Crippen molar-refractivity contribution in [3.05, 3.63) is 182 Å². The normalized spacial score (nSPS) is 11.3. The van der Waals surface area contributed by atoms with Crippen molar-refractivity contribution in [2.24, 2.45) is 0 Å². The molecule has 7 aromatic carbocycles. The van der Waals surface area contributed by atoms with Gasteiger partial charge in [0.15, 0.2) is 0 Å². The van der Waals surface area contributed by atoms with Gasteiger partial charge in [-0.2, -0.15) is 0 Å². The van der Waals surface area contributed by atoms with Crippen molar-refractivity contribution in [1.82, 2.24) is 4.98 Å². The molecule has 9 aromatic rings. The van der Waals surface area contributed by atoms with Crippen LogP contribution < -0.4 is 4.90 Å². The molecule has 226 valence electrons. The molecule has 0 aliphatic heterocycles. The van der Waals surface area contributed by atoms with Gasteiger partial charge in [0.25, 0.3) is 0 Å². The Balaban J connectivity index is 1.10. The fraction of sp³-hybridized carbons (Fsp3) is 0. The van der Waals surface area contributed by atoms with Crippen LogP contribution in [0.15, 0.2) is 186 Å². The van der Waals surface area contributed by atoms with Crippen molar-refractivity contribution in [2.75, 3.05) is 4.90 Å². The van der Waals surface area contributed by atoms with E-state index in [2.05, 4.69) is 169 Å². The molecule has 0 saturated heterocycles. The first-order valence-corrected chi connectivity index (χ1v) is 16.2. The van der Waals surface area contributed by atoms with Gasteiger partial charge >= 0.3 is 0 Å². The molecule has 0 radical (unpaired) electrons. The predicted molar refractivity (Wildman–Crippen MR) is 200 cm³/mol. The first kappa shape index (κ1) is 27.8. The molecule has 0 aliphatic rings. The summed E-state index contributed by atoms with van der Waals surface area (Å²) in [6.45, 7) is 0. The zero-order chi connectivity index (χ0) is 31.9. The van der Waals surface area contributed by atoms with Crippen molar-refractivity contribution in [2.45, 2.75) is 0 Å². The molecule has 0 unspecified atom stereocenters. The Labute approximate surface area is 279 Å². The molecule has 3 nitrogen and oxygen atoms in total. The Bertz CT molecular complexity index is 2530. The standard InChI is InChI=1S/C45H30N2O/c1-2-9-31(10-3-1)32-17-23-36(24-18-32)47(37-25-19-34(20-26-37)40-15-8-12-33-11-4-5-13-39(33)40)38-27-21-35(22-28-38)43-30-29-42-41-14-6-7-16-44(41)48-45(42)46-43/h1-30H. The Hall–Kier alpha value is -6.45. The van der Waals surface area contributed by atoms with Crippen LogP contribution in [-0.4, -0.2) is 4.98 Å². The highest BCUT2D eigenvalue weighted by molar-refractivity contribution is 6.04. The summed E-state index contributed by atoms with van der Waals surface area (Å²) < 4.78 is 6.08. The Morgan fingerprint density at radius 2 is 0.938 bits per heavy atom. The SMILES string of the molecule is c1ccc(-c2ccc(N(c3ccc(-c4ccc5c(n4)oc4ccccc45)cc3)c3ccc(-c4cccc5ccccc45)cc3)cc2)cc1. The minimum absolute atomic E-state index is 0.657. The number of furan rings is 1. The van der Waals surface area contributed by atoms with Gasteiger partial charge in [0.1, 0.15) is 5.58 Å². The fourth-order valence-corrected chi connectivity index (χ4v) is 6.70. The van der Waals surface area contributed by atoms with Gasteiger partial charge in [-0.25, -0.2) is 4.98 Å². The largest absolute Gasteiger partial charge is 0.438 e. The summed E-state index contributed by atoms with van der Waals surface area (Å²) in [6, 6.07) is 64.1. The first-order valence-electron chi connectivity index (χ1n) is 16.2. The van der Waals surface area contributed by atoms with Crippen molar-refractivity contribution in [3.8, 4) is 33.5 Å². The zero-order valence-electron chi connectivity index (χ0n) is 26.1. The second-order valence-electron chi connectivity index (χ2n) is 12.0. The van der Waals surface area contributed by atoms with Gasteiger partial charge in [0, 0.05) is 33.4 Å². The number of hydrogen-bond acceptors (Lipinski definition) is 3. The molecule has 0 bridgehead atoms. The number of rotatable bonds is 6. The molecule has 0 fully saturated rings. The maximum Gasteiger partial charge on any atom is 0.227 e. The number of nitrogens with zero attached hydrogens (tertiary/aromatic N) is 2. The van der Waals surface area contributed by atoms with Crippen molar-refractivity contribution in [1.29, 1.82) is 0 Å². The van der Waals surface area contributed by atoms with Crippen LogP contribution in [0.3, 0.4) is 0 Å².